The van der Waals surface area contributed by atoms with Gasteiger partial charge in [0.15, 0.2) is 0 Å². The lowest BCUT2D eigenvalue weighted by Gasteiger charge is -2.12. The van der Waals surface area contributed by atoms with Crippen LogP contribution in [0, 0.1) is 13.8 Å². The molecule has 2 aromatic rings. The highest BCUT2D eigenvalue weighted by atomic mass is 16.4. The van der Waals surface area contributed by atoms with Crippen LogP contribution in [0.5, 0.6) is 0 Å². The first-order valence-corrected chi connectivity index (χ1v) is 9.15. The number of aryl methyl sites for hydroxylation is 2. The van der Waals surface area contributed by atoms with E-state index in [1.165, 1.54) is 12.1 Å². The molecule has 0 aromatic heterocycles. The number of carboxylic acid groups (broad SMARTS) is 4. The molecule has 0 bridgehead atoms. The van der Waals surface area contributed by atoms with Crippen LogP contribution in [0.4, 0.5) is 0 Å². The van der Waals surface area contributed by atoms with E-state index in [2.05, 4.69) is 0 Å². The second kappa shape index (κ2) is 10.2. The maximum absolute atomic E-state index is 11.1. The molecule has 30 heavy (non-hydrogen) atoms. The van der Waals surface area contributed by atoms with E-state index >= 15 is 0 Å². The third-order valence-corrected chi connectivity index (χ3v) is 4.77. The van der Waals surface area contributed by atoms with E-state index in [9.17, 15) is 19.2 Å². The largest absolute Gasteiger partial charge is 0.478 e. The van der Waals surface area contributed by atoms with Gasteiger partial charge >= 0.3 is 23.9 Å². The molecule has 0 fully saturated rings. The molecule has 0 aliphatic rings. The van der Waals surface area contributed by atoms with Crippen LogP contribution in [0.2, 0.25) is 0 Å². The van der Waals surface area contributed by atoms with Gasteiger partial charge in [0.1, 0.15) is 0 Å². The standard InChI is InChI=1S/C12H14O4.C10H10O4/c1-3-7-5-6-9(11(13)14)10(12(15)16)8(7)4-2;1-5-3-4-7(9(11)12)8(6(5)2)10(13)14/h5-6H,3-4H2,1-2H3,(H,13,14)(H,15,16);3-4H,1-2H3,(H,11,12)(H,13,14). The van der Waals surface area contributed by atoms with E-state index in [-0.39, 0.29) is 22.3 Å². The Bertz CT molecular complexity index is 1000. The fourth-order valence-electron chi connectivity index (χ4n) is 3.12. The van der Waals surface area contributed by atoms with Gasteiger partial charge < -0.3 is 20.4 Å². The highest BCUT2D eigenvalue weighted by molar-refractivity contribution is 6.03. The molecule has 0 aliphatic heterocycles. The normalized spacial score (nSPS) is 10.0. The molecule has 0 unspecified atom stereocenters. The monoisotopic (exact) mass is 416 g/mol. The highest BCUT2D eigenvalue weighted by Gasteiger charge is 2.21. The Morgan fingerprint density at radius 2 is 1.13 bits per heavy atom. The Balaban J connectivity index is 0.000000303. The molecule has 2 rings (SSSR count). The molecular weight excluding hydrogens is 392 g/mol. The molecule has 0 saturated carbocycles. The zero-order chi connectivity index (χ0) is 23.2. The van der Waals surface area contributed by atoms with E-state index in [1.54, 1.807) is 26.0 Å². The van der Waals surface area contributed by atoms with Crippen LogP contribution in [0.1, 0.15) is 77.5 Å². The first kappa shape index (κ1) is 24.4. The number of carbonyl (C=O) groups is 4. The van der Waals surface area contributed by atoms with Crippen molar-refractivity contribution in [1.82, 2.24) is 0 Å². The van der Waals surface area contributed by atoms with Crippen molar-refractivity contribution in [3.63, 3.8) is 0 Å². The number of hydrogen-bond acceptors (Lipinski definition) is 4. The molecule has 2 aromatic carbocycles. The molecule has 0 radical (unpaired) electrons. The number of benzene rings is 2. The van der Waals surface area contributed by atoms with E-state index in [4.69, 9.17) is 20.4 Å². The summed E-state index contributed by atoms with van der Waals surface area (Å²) in [7, 11) is 0. The molecule has 8 nitrogen and oxygen atoms in total. The van der Waals surface area contributed by atoms with Crippen molar-refractivity contribution in [2.75, 3.05) is 0 Å². The summed E-state index contributed by atoms with van der Waals surface area (Å²) < 4.78 is 0. The third-order valence-electron chi connectivity index (χ3n) is 4.77. The molecule has 4 N–H and O–H groups in total. The molecule has 160 valence electrons. The Morgan fingerprint density at radius 3 is 1.53 bits per heavy atom. The maximum atomic E-state index is 11.1. The van der Waals surface area contributed by atoms with Crippen LogP contribution < -0.4 is 0 Å². The number of hydrogen-bond donors (Lipinski definition) is 4. The van der Waals surface area contributed by atoms with E-state index in [0.717, 1.165) is 11.1 Å². The smallest absolute Gasteiger partial charge is 0.336 e. The first-order valence-electron chi connectivity index (χ1n) is 9.15. The van der Waals surface area contributed by atoms with E-state index < -0.39 is 23.9 Å². The fourth-order valence-corrected chi connectivity index (χ4v) is 3.12. The summed E-state index contributed by atoms with van der Waals surface area (Å²) in [6.45, 7) is 7.09. The van der Waals surface area contributed by atoms with Crippen molar-refractivity contribution in [2.45, 2.75) is 40.5 Å². The van der Waals surface area contributed by atoms with Crippen molar-refractivity contribution in [3.8, 4) is 0 Å². The summed E-state index contributed by atoms with van der Waals surface area (Å²) in [5.41, 5.74) is 2.28. The van der Waals surface area contributed by atoms with Gasteiger partial charge in [-0.3, -0.25) is 0 Å². The topological polar surface area (TPSA) is 149 Å². The molecule has 0 saturated heterocycles. The van der Waals surface area contributed by atoms with Gasteiger partial charge in [-0.05, 0) is 61.1 Å². The summed E-state index contributed by atoms with van der Waals surface area (Å²) in [5.74, 6) is -4.80. The fraction of sp³-hybridized carbons (Fsp3) is 0.273. The van der Waals surface area contributed by atoms with Crippen molar-refractivity contribution in [3.05, 3.63) is 68.8 Å². The summed E-state index contributed by atoms with van der Waals surface area (Å²) in [4.78, 5) is 43.6. The molecule has 0 spiro atoms. The summed E-state index contributed by atoms with van der Waals surface area (Å²) in [6, 6.07) is 5.97. The van der Waals surface area contributed by atoms with Gasteiger partial charge in [-0.25, -0.2) is 19.2 Å². The van der Waals surface area contributed by atoms with Crippen LogP contribution in [0.25, 0.3) is 0 Å². The van der Waals surface area contributed by atoms with Crippen molar-refractivity contribution < 1.29 is 39.6 Å². The Hall–Kier alpha value is -3.68. The lowest BCUT2D eigenvalue weighted by Crippen LogP contribution is -2.13. The first-order chi connectivity index (χ1) is 14.0. The van der Waals surface area contributed by atoms with Crippen LogP contribution in [-0.2, 0) is 12.8 Å². The van der Waals surface area contributed by atoms with Gasteiger partial charge in [-0.1, -0.05) is 26.0 Å². The SMILES string of the molecule is CCc1ccc(C(=O)O)c(C(=O)O)c1CC.Cc1ccc(C(=O)O)c(C(=O)O)c1C. The van der Waals surface area contributed by atoms with Crippen LogP contribution in [0.15, 0.2) is 24.3 Å². The van der Waals surface area contributed by atoms with E-state index in [0.29, 0.717) is 24.0 Å². The number of carboxylic acids is 4. The maximum Gasteiger partial charge on any atom is 0.336 e. The second-order valence-electron chi connectivity index (χ2n) is 6.48. The molecule has 0 atom stereocenters. The number of rotatable bonds is 6. The van der Waals surface area contributed by atoms with Gasteiger partial charge in [0.2, 0.25) is 0 Å². The van der Waals surface area contributed by atoms with Gasteiger partial charge in [0, 0.05) is 0 Å². The van der Waals surface area contributed by atoms with Gasteiger partial charge in [0.05, 0.1) is 22.3 Å². The molecule has 0 amide bonds. The minimum Gasteiger partial charge on any atom is -0.478 e. The molecule has 0 aliphatic carbocycles. The van der Waals surface area contributed by atoms with Crippen LogP contribution >= 0.6 is 0 Å². The molecule has 0 heterocycles. The Morgan fingerprint density at radius 1 is 0.667 bits per heavy atom. The average Bonchev–Trinajstić information content (AvgIpc) is 2.68. The predicted octanol–water partition coefficient (Wildman–Crippen LogP) is 3.91. The van der Waals surface area contributed by atoms with Gasteiger partial charge in [0.25, 0.3) is 0 Å². The zero-order valence-corrected chi connectivity index (χ0v) is 17.1. The zero-order valence-electron chi connectivity index (χ0n) is 17.1. The van der Waals surface area contributed by atoms with E-state index in [1.807, 2.05) is 13.8 Å². The van der Waals surface area contributed by atoms with Crippen molar-refractivity contribution in [1.29, 1.82) is 0 Å². The van der Waals surface area contributed by atoms with Crippen molar-refractivity contribution >= 4 is 23.9 Å². The van der Waals surface area contributed by atoms with Crippen LogP contribution in [-0.4, -0.2) is 44.3 Å². The third kappa shape index (κ3) is 5.22. The summed E-state index contributed by atoms with van der Waals surface area (Å²) >= 11 is 0. The summed E-state index contributed by atoms with van der Waals surface area (Å²) in [6.07, 6.45) is 1.22. The minimum absolute atomic E-state index is 0.0747. The minimum atomic E-state index is -1.22. The quantitative estimate of drug-likeness (QED) is 0.554. The Labute approximate surface area is 173 Å². The average molecular weight is 416 g/mol. The van der Waals surface area contributed by atoms with Crippen LogP contribution in [0.3, 0.4) is 0 Å². The summed E-state index contributed by atoms with van der Waals surface area (Å²) in [5, 5.41) is 35.6. The molecule has 8 heteroatoms. The lowest BCUT2D eigenvalue weighted by atomic mass is 9.93. The predicted molar refractivity (Wildman–Crippen MR) is 109 cm³/mol. The second-order valence-corrected chi connectivity index (χ2v) is 6.48. The lowest BCUT2D eigenvalue weighted by molar-refractivity contribution is 0.0650. The Kier molecular flexibility index (Phi) is 8.28. The van der Waals surface area contributed by atoms with Gasteiger partial charge in [-0.2, -0.15) is 0 Å². The van der Waals surface area contributed by atoms with Crippen molar-refractivity contribution in [2.24, 2.45) is 0 Å². The highest BCUT2D eigenvalue weighted by Crippen LogP contribution is 2.21. The molecular formula is C22H24O8. The van der Waals surface area contributed by atoms with Gasteiger partial charge in [-0.15, -0.1) is 0 Å². The number of aromatic carboxylic acids is 4.